The van der Waals surface area contributed by atoms with E-state index in [1.807, 2.05) is 11.3 Å². The van der Waals surface area contributed by atoms with E-state index in [-0.39, 0.29) is 0 Å². The molecule has 1 heterocycles. The fraction of sp³-hybridized carbons (Fsp3) is 0. The van der Waals surface area contributed by atoms with Gasteiger partial charge in [0.2, 0.25) is 0 Å². The van der Waals surface area contributed by atoms with Crippen LogP contribution >= 0.6 is 11.3 Å². The van der Waals surface area contributed by atoms with Gasteiger partial charge in [-0.25, -0.2) is 0 Å². The van der Waals surface area contributed by atoms with E-state index in [1.165, 1.54) is 28.9 Å². The first-order valence-corrected chi connectivity index (χ1v) is 7.27. The van der Waals surface area contributed by atoms with Crippen LogP contribution in [-0.4, -0.2) is 33.7 Å². The van der Waals surface area contributed by atoms with E-state index in [0.29, 0.717) is 0 Å². The molecule has 0 N–H and O–H groups in total. The summed E-state index contributed by atoms with van der Waals surface area (Å²) < 4.78 is 5.30. The van der Waals surface area contributed by atoms with Crippen LogP contribution in [0.2, 0.25) is 0 Å². The van der Waals surface area contributed by atoms with Crippen molar-refractivity contribution in [2.45, 2.75) is 0 Å². The van der Waals surface area contributed by atoms with Crippen molar-refractivity contribution in [3.8, 4) is 0 Å². The molecule has 0 bridgehead atoms. The molecule has 1 aromatic heterocycles. The summed E-state index contributed by atoms with van der Waals surface area (Å²) in [6, 6.07) is 13.2. The Morgan fingerprint density at radius 3 is 1.67 bits per heavy atom. The molecule has 0 aliphatic rings. The van der Waals surface area contributed by atoms with Crippen LogP contribution in [0.15, 0.2) is 36.4 Å². The van der Waals surface area contributed by atoms with Crippen LogP contribution in [-0.2, 0) is 0 Å². The van der Waals surface area contributed by atoms with Crippen LogP contribution in [0.25, 0.3) is 20.2 Å². The first-order valence-electron chi connectivity index (χ1n) is 4.58. The zero-order valence-corrected chi connectivity index (χ0v) is 12.3. The standard InChI is InChI=1S/C12H6As2S/c13-7-1-3-9-10-4-2-8(14)6-12(10)15-11(9)5-7/h1-6H. The van der Waals surface area contributed by atoms with Gasteiger partial charge in [0, 0.05) is 0 Å². The predicted octanol–water partition coefficient (Wildman–Crippen LogP) is 1.64. The average molecular weight is 332 g/mol. The molecular formula is C12H6As2S. The van der Waals surface area contributed by atoms with Gasteiger partial charge >= 0.3 is 110 Å². The van der Waals surface area contributed by atoms with E-state index < -0.39 is 0 Å². The molecule has 0 spiro atoms. The van der Waals surface area contributed by atoms with Crippen molar-refractivity contribution in [2.75, 3.05) is 0 Å². The normalized spacial score (nSPS) is 11.3. The molecule has 0 saturated carbocycles. The summed E-state index contributed by atoms with van der Waals surface area (Å²) in [7, 11) is 0. The van der Waals surface area contributed by atoms with Crippen molar-refractivity contribution in [2.24, 2.45) is 0 Å². The first kappa shape index (κ1) is 9.96. The molecule has 15 heavy (non-hydrogen) atoms. The van der Waals surface area contributed by atoms with Gasteiger partial charge in [0.1, 0.15) is 0 Å². The van der Waals surface area contributed by atoms with Gasteiger partial charge < -0.3 is 0 Å². The number of thiophene rings is 1. The number of benzene rings is 2. The maximum atomic E-state index is 2.60. The van der Waals surface area contributed by atoms with Gasteiger partial charge in [-0.05, 0) is 0 Å². The SMILES string of the molecule is [As]c1ccc2c(c1)sc1cc([As])ccc12. The monoisotopic (exact) mass is 332 g/mol. The second kappa shape index (κ2) is 3.66. The van der Waals surface area contributed by atoms with Gasteiger partial charge in [0.15, 0.2) is 0 Å². The average Bonchev–Trinajstić information content (AvgIpc) is 2.53. The van der Waals surface area contributed by atoms with Crippen LogP contribution in [0.4, 0.5) is 0 Å². The maximum absolute atomic E-state index is 2.60. The third-order valence-electron chi connectivity index (χ3n) is 2.44. The Hall–Kier alpha value is -0.223. The van der Waals surface area contributed by atoms with Gasteiger partial charge in [0.25, 0.3) is 0 Å². The van der Waals surface area contributed by atoms with Crippen molar-refractivity contribution in [3.05, 3.63) is 36.4 Å². The van der Waals surface area contributed by atoms with E-state index in [9.17, 15) is 0 Å². The van der Waals surface area contributed by atoms with Crippen LogP contribution in [0, 0.1) is 0 Å². The molecule has 0 nitrogen and oxygen atoms in total. The second-order valence-electron chi connectivity index (χ2n) is 3.46. The fourth-order valence-corrected chi connectivity index (χ4v) is 4.17. The van der Waals surface area contributed by atoms with Gasteiger partial charge in [-0.3, -0.25) is 0 Å². The predicted molar refractivity (Wildman–Crippen MR) is 70.1 cm³/mol. The molecule has 3 aromatic rings. The molecule has 4 radical (unpaired) electrons. The Balaban J connectivity index is 2.51. The molecule has 3 rings (SSSR count). The van der Waals surface area contributed by atoms with Gasteiger partial charge in [-0.15, -0.1) is 0 Å². The number of fused-ring (bicyclic) bond motifs is 3. The summed E-state index contributed by atoms with van der Waals surface area (Å²) in [5, 5.41) is 2.74. The summed E-state index contributed by atoms with van der Waals surface area (Å²) in [5.74, 6) is 0. The van der Waals surface area contributed by atoms with E-state index in [1.54, 1.807) is 0 Å². The fourth-order valence-electron chi connectivity index (χ4n) is 1.75. The van der Waals surface area contributed by atoms with Crippen molar-refractivity contribution >= 4 is 73.9 Å². The van der Waals surface area contributed by atoms with Gasteiger partial charge in [0.05, 0.1) is 0 Å². The summed E-state index contributed by atoms with van der Waals surface area (Å²) in [6.45, 7) is 0. The third kappa shape index (κ3) is 1.67. The van der Waals surface area contributed by atoms with E-state index in [0.717, 1.165) is 0 Å². The van der Waals surface area contributed by atoms with Crippen molar-refractivity contribution in [3.63, 3.8) is 0 Å². The van der Waals surface area contributed by atoms with Crippen LogP contribution in [0.5, 0.6) is 0 Å². The Bertz CT molecular complexity index is 599. The zero-order chi connectivity index (χ0) is 10.4. The van der Waals surface area contributed by atoms with Crippen LogP contribution in [0.3, 0.4) is 0 Å². The molecule has 0 unspecified atom stereocenters. The third-order valence-corrected chi connectivity index (χ3v) is 4.72. The second-order valence-corrected chi connectivity index (χ2v) is 6.71. The minimum absolute atomic E-state index is 1.27. The van der Waals surface area contributed by atoms with Crippen LogP contribution in [0.1, 0.15) is 0 Å². The molecule has 70 valence electrons. The first-order chi connectivity index (χ1) is 7.24. The van der Waals surface area contributed by atoms with Gasteiger partial charge in [-0.2, -0.15) is 0 Å². The molecule has 0 atom stereocenters. The Morgan fingerprint density at radius 2 is 1.20 bits per heavy atom. The van der Waals surface area contributed by atoms with Gasteiger partial charge in [-0.1, -0.05) is 0 Å². The molecule has 0 amide bonds. The van der Waals surface area contributed by atoms with E-state index in [2.05, 4.69) is 70.1 Å². The number of hydrogen-bond donors (Lipinski definition) is 0. The van der Waals surface area contributed by atoms with E-state index in [4.69, 9.17) is 0 Å². The molecule has 0 aliphatic heterocycles. The Kier molecular flexibility index (Phi) is 2.43. The summed E-state index contributed by atoms with van der Waals surface area (Å²) >= 11 is 7.07. The Labute approximate surface area is 110 Å². The summed E-state index contributed by atoms with van der Waals surface area (Å²) in [6.07, 6.45) is 0. The molecule has 0 fully saturated rings. The van der Waals surface area contributed by atoms with Crippen LogP contribution < -0.4 is 8.70 Å². The summed E-state index contributed by atoms with van der Waals surface area (Å²) in [4.78, 5) is 0. The topological polar surface area (TPSA) is 0 Å². The summed E-state index contributed by atoms with van der Waals surface area (Å²) in [5.41, 5.74) is 0. The molecule has 3 heteroatoms. The molecular weight excluding hydrogens is 326 g/mol. The molecule has 0 saturated heterocycles. The number of hydrogen-bond acceptors (Lipinski definition) is 1. The molecule has 2 aromatic carbocycles. The Morgan fingerprint density at radius 1 is 0.733 bits per heavy atom. The van der Waals surface area contributed by atoms with Crippen molar-refractivity contribution in [1.82, 2.24) is 0 Å². The molecule has 0 aliphatic carbocycles. The minimum atomic E-state index is 1.27. The zero-order valence-electron chi connectivity index (χ0n) is 7.77. The van der Waals surface area contributed by atoms with Crippen molar-refractivity contribution < 1.29 is 0 Å². The van der Waals surface area contributed by atoms with Crippen molar-refractivity contribution in [1.29, 1.82) is 0 Å². The number of rotatable bonds is 0. The quantitative estimate of drug-likeness (QED) is 0.549. The van der Waals surface area contributed by atoms with E-state index >= 15 is 0 Å².